The number of carbonyl (C=O) groups is 1. The zero-order valence-electron chi connectivity index (χ0n) is 8.23. The third-order valence-electron chi connectivity index (χ3n) is 1.64. The maximum Gasteiger partial charge on any atom is 0.318 e. The first-order valence-corrected chi connectivity index (χ1v) is 5.03. The van der Waals surface area contributed by atoms with Crippen LogP contribution in [0.25, 0.3) is 0 Å². The highest BCUT2D eigenvalue weighted by Crippen LogP contribution is 2.20. The van der Waals surface area contributed by atoms with Crippen LogP contribution in [0.4, 0.5) is 0 Å². The summed E-state index contributed by atoms with van der Waals surface area (Å²) in [5.74, 6) is -0.813. The van der Waals surface area contributed by atoms with Gasteiger partial charge in [0.25, 0.3) is 0 Å². The normalized spacial score (nSPS) is 10.5. The highest BCUT2D eigenvalue weighted by molar-refractivity contribution is 7.97. The van der Waals surface area contributed by atoms with Crippen molar-refractivity contribution in [3.63, 3.8) is 0 Å². The fourth-order valence-corrected chi connectivity index (χ4v) is 1.79. The Morgan fingerprint density at radius 2 is 2.00 bits per heavy atom. The van der Waals surface area contributed by atoms with Crippen molar-refractivity contribution >= 4 is 17.9 Å². The Morgan fingerprint density at radius 1 is 1.43 bits per heavy atom. The van der Waals surface area contributed by atoms with Crippen molar-refractivity contribution in [2.75, 3.05) is 13.6 Å². The molecule has 0 aromatic heterocycles. The number of hydrogen-bond donors (Lipinski definition) is 1. The molecule has 1 aromatic carbocycles. The molecule has 0 aliphatic heterocycles. The van der Waals surface area contributed by atoms with Crippen LogP contribution in [0.1, 0.15) is 5.56 Å². The Bertz CT molecular complexity index is 310. The molecule has 0 aliphatic carbocycles. The van der Waals surface area contributed by atoms with Gasteiger partial charge in [0.2, 0.25) is 0 Å². The predicted molar refractivity (Wildman–Crippen MR) is 57.3 cm³/mol. The van der Waals surface area contributed by atoms with Gasteiger partial charge in [0, 0.05) is 4.90 Å². The van der Waals surface area contributed by atoms with Gasteiger partial charge in [-0.15, -0.1) is 0 Å². The molecular formula is C10H13NO2S. The van der Waals surface area contributed by atoms with Crippen molar-refractivity contribution in [2.45, 2.75) is 11.8 Å². The molecule has 0 heterocycles. The lowest BCUT2D eigenvalue weighted by Gasteiger charge is -2.12. The molecule has 0 radical (unpaired) electrons. The second-order valence-corrected chi connectivity index (χ2v) is 4.36. The summed E-state index contributed by atoms with van der Waals surface area (Å²) in [5, 5.41) is 8.55. The highest BCUT2D eigenvalue weighted by atomic mass is 32.2. The Kier molecular flexibility index (Phi) is 3.98. The molecule has 0 amide bonds. The second-order valence-electron chi connectivity index (χ2n) is 3.08. The lowest BCUT2D eigenvalue weighted by Crippen LogP contribution is -2.18. The molecule has 76 valence electrons. The maximum atomic E-state index is 10.4. The standard InChI is InChI=1S/C10H13NO2S/c1-8-3-5-9(6-4-8)14-11(2)7-10(12)13/h3-6H,7H2,1-2H3,(H,12,13). The zero-order chi connectivity index (χ0) is 10.6. The molecule has 0 aliphatic rings. The van der Waals surface area contributed by atoms with Crippen molar-refractivity contribution in [1.82, 2.24) is 4.31 Å². The Hall–Kier alpha value is -1.00. The van der Waals surface area contributed by atoms with E-state index >= 15 is 0 Å². The van der Waals surface area contributed by atoms with E-state index in [9.17, 15) is 4.79 Å². The number of aliphatic carboxylic acids is 1. The molecule has 3 nitrogen and oxygen atoms in total. The fourth-order valence-electron chi connectivity index (χ4n) is 1.00. The number of likely N-dealkylation sites (N-methyl/N-ethyl adjacent to an activating group) is 1. The second kappa shape index (κ2) is 5.02. The van der Waals surface area contributed by atoms with Crippen molar-refractivity contribution in [2.24, 2.45) is 0 Å². The van der Waals surface area contributed by atoms with Crippen molar-refractivity contribution in [1.29, 1.82) is 0 Å². The molecule has 1 N–H and O–H groups in total. The quantitative estimate of drug-likeness (QED) is 0.773. The van der Waals surface area contributed by atoms with Gasteiger partial charge in [0.1, 0.15) is 6.54 Å². The number of carboxylic acids is 1. The Morgan fingerprint density at radius 3 is 2.50 bits per heavy atom. The summed E-state index contributed by atoms with van der Waals surface area (Å²) in [5.41, 5.74) is 1.20. The summed E-state index contributed by atoms with van der Waals surface area (Å²) >= 11 is 1.43. The van der Waals surface area contributed by atoms with Crippen LogP contribution in [0.5, 0.6) is 0 Å². The lowest BCUT2D eigenvalue weighted by atomic mass is 10.2. The third-order valence-corrected chi connectivity index (χ3v) is 2.56. The number of hydrogen-bond acceptors (Lipinski definition) is 3. The summed E-state index contributed by atoms with van der Waals surface area (Å²) in [6.45, 7) is 2.06. The fraction of sp³-hybridized carbons (Fsp3) is 0.300. The van der Waals surface area contributed by atoms with E-state index in [4.69, 9.17) is 5.11 Å². The summed E-state index contributed by atoms with van der Waals surface area (Å²) in [6.07, 6.45) is 0. The van der Waals surface area contributed by atoms with Gasteiger partial charge < -0.3 is 5.11 Å². The molecule has 14 heavy (non-hydrogen) atoms. The smallest absolute Gasteiger partial charge is 0.318 e. The van der Waals surface area contributed by atoms with Crippen LogP contribution in [0.2, 0.25) is 0 Å². The summed E-state index contributed by atoms with van der Waals surface area (Å²) < 4.78 is 1.69. The predicted octanol–water partition coefficient (Wildman–Crippen LogP) is 2.02. The van der Waals surface area contributed by atoms with Gasteiger partial charge >= 0.3 is 5.97 Å². The number of nitrogens with zero attached hydrogens (tertiary/aromatic N) is 1. The van der Waals surface area contributed by atoms with E-state index in [1.165, 1.54) is 17.5 Å². The van der Waals surface area contributed by atoms with Crippen LogP contribution >= 0.6 is 11.9 Å². The first-order chi connectivity index (χ1) is 6.58. The first-order valence-electron chi connectivity index (χ1n) is 4.25. The van der Waals surface area contributed by atoms with Gasteiger partial charge in [-0.3, -0.25) is 4.79 Å². The van der Waals surface area contributed by atoms with Gasteiger partial charge in [-0.1, -0.05) is 17.7 Å². The van der Waals surface area contributed by atoms with Crippen molar-refractivity contribution in [3.05, 3.63) is 29.8 Å². The molecule has 0 unspecified atom stereocenters. The molecule has 1 rings (SSSR count). The van der Waals surface area contributed by atoms with E-state index in [-0.39, 0.29) is 6.54 Å². The first kappa shape index (κ1) is 11.1. The van der Waals surface area contributed by atoms with E-state index in [0.29, 0.717) is 0 Å². The van der Waals surface area contributed by atoms with Gasteiger partial charge in [-0.05, 0) is 38.1 Å². The molecule has 0 spiro atoms. The van der Waals surface area contributed by atoms with Crippen LogP contribution in [-0.2, 0) is 4.79 Å². The summed E-state index contributed by atoms with van der Waals surface area (Å²) in [6, 6.07) is 7.99. The van der Waals surface area contributed by atoms with Crippen LogP contribution in [0.3, 0.4) is 0 Å². The minimum Gasteiger partial charge on any atom is -0.480 e. The van der Waals surface area contributed by atoms with Crippen molar-refractivity contribution < 1.29 is 9.90 Å². The Balaban J connectivity index is 2.51. The number of rotatable bonds is 4. The third kappa shape index (κ3) is 3.81. The number of carboxylic acid groups (broad SMARTS) is 1. The highest BCUT2D eigenvalue weighted by Gasteiger charge is 2.05. The van der Waals surface area contributed by atoms with Crippen molar-refractivity contribution in [3.8, 4) is 0 Å². The molecule has 0 saturated carbocycles. The minimum atomic E-state index is -0.813. The van der Waals surface area contributed by atoms with E-state index in [0.717, 1.165) is 4.90 Å². The number of aryl methyl sites for hydroxylation is 1. The average molecular weight is 211 g/mol. The molecule has 4 heteroatoms. The van der Waals surface area contributed by atoms with Crippen LogP contribution in [0, 0.1) is 6.92 Å². The lowest BCUT2D eigenvalue weighted by molar-refractivity contribution is -0.136. The number of benzene rings is 1. The van der Waals surface area contributed by atoms with Gasteiger partial charge in [0.15, 0.2) is 0 Å². The van der Waals surface area contributed by atoms with Crippen LogP contribution < -0.4 is 0 Å². The maximum absolute atomic E-state index is 10.4. The van der Waals surface area contributed by atoms with Crippen LogP contribution in [-0.4, -0.2) is 29.0 Å². The molecule has 0 fully saturated rings. The minimum absolute atomic E-state index is 0.0402. The molecule has 0 bridgehead atoms. The SMILES string of the molecule is Cc1ccc(SN(C)CC(=O)O)cc1. The largest absolute Gasteiger partial charge is 0.480 e. The summed E-state index contributed by atoms with van der Waals surface area (Å²) in [7, 11) is 1.76. The summed E-state index contributed by atoms with van der Waals surface area (Å²) in [4.78, 5) is 11.5. The zero-order valence-corrected chi connectivity index (χ0v) is 9.04. The van der Waals surface area contributed by atoms with E-state index in [2.05, 4.69) is 0 Å². The Labute approximate surface area is 87.9 Å². The molecular weight excluding hydrogens is 198 g/mol. The monoisotopic (exact) mass is 211 g/mol. The van der Waals surface area contributed by atoms with Gasteiger partial charge in [-0.25, -0.2) is 4.31 Å². The van der Waals surface area contributed by atoms with E-state index < -0.39 is 5.97 Å². The van der Waals surface area contributed by atoms with Crippen LogP contribution in [0.15, 0.2) is 29.2 Å². The molecule has 0 atom stereocenters. The molecule has 1 aromatic rings. The van der Waals surface area contributed by atoms with E-state index in [1.54, 1.807) is 11.4 Å². The molecule has 0 saturated heterocycles. The van der Waals surface area contributed by atoms with E-state index in [1.807, 2.05) is 31.2 Å². The average Bonchev–Trinajstić information content (AvgIpc) is 2.07. The van der Waals surface area contributed by atoms with Gasteiger partial charge in [0.05, 0.1) is 0 Å². The van der Waals surface area contributed by atoms with Gasteiger partial charge in [-0.2, -0.15) is 0 Å². The topological polar surface area (TPSA) is 40.5 Å².